The van der Waals surface area contributed by atoms with Crippen molar-refractivity contribution in [2.45, 2.75) is 38.6 Å². The van der Waals surface area contributed by atoms with Crippen molar-refractivity contribution >= 4 is 21.5 Å². The van der Waals surface area contributed by atoms with Crippen molar-refractivity contribution in [2.75, 3.05) is 5.32 Å². The fraction of sp³-hybridized carbons (Fsp3) is 0.750. The monoisotopic (exact) mass is 267 g/mol. The molecule has 1 aromatic heterocycles. The van der Waals surface area contributed by atoms with Crippen LogP contribution in [0.15, 0.2) is 6.20 Å². The molecule has 4 atom stereocenters. The van der Waals surface area contributed by atoms with Gasteiger partial charge < -0.3 is 5.32 Å². The Morgan fingerprint density at radius 1 is 1.56 bits per heavy atom. The lowest BCUT2D eigenvalue weighted by Crippen LogP contribution is -2.29. The molecule has 0 aromatic carbocycles. The van der Waals surface area contributed by atoms with Gasteiger partial charge in [-0.2, -0.15) is 0 Å². The van der Waals surface area contributed by atoms with Gasteiger partial charge in [-0.25, -0.2) is 4.98 Å². The summed E-state index contributed by atoms with van der Waals surface area (Å²) in [7, 11) is 0. The molecule has 1 aromatic rings. The second kappa shape index (κ2) is 4.50. The molecule has 6 heteroatoms. The zero-order valence-corrected chi connectivity index (χ0v) is 11.2. The van der Waals surface area contributed by atoms with Crippen LogP contribution in [0.5, 0.6) is 0 Å². The molecule has 2 aliphatic rings. The van der Waals surface area contributed by atoms with E-state index in [9.17, 15) is 10.1 Å². The molecule has 0 radical (unpaired) electrons. The molecule has 2 bridgehead atoms. The first-order valence-electron chi connectivity index (χ1n) is 6.50. The number of rotatable bonds is 4. The topological polar surface area (TPSA) is 68.1 Å². The Labute approximate surface area is 110 Å². The average Bonchev–Trinajstić information content (AvgIpc) is 3.03. The molecule has 2 aliphatic carbocycles. The summed E-state index contributed by atoms with van der Waals surface area (Å²) in [4.78, 5) is 14.3. The van der Waals surface area contributed by atoms with Crippen LogP contribution in [0, 0.1) is 27.9 Å². The molecule has 0 aliphatic heterocycles. The smallest absolute Gasteiger partial charge is 0.345 e. The highest BCUT2D eigenvalue weighted by atomic mass is 32.1. The Morgan fingerprint density at radius 3 is 2.94 bits per heavy atom. The molecule has 98 valence electrons. The summed E-state index contributed by atoms with van der Waals surface area (Å²) in [5, 5.41) is 14.7. The summed E-state index contributed by atoms with van der Waals surface area (Å²) in [6.07, 6.45) is 6.79. The summed E-state index contributed by atoms with van der Waals surface area (Å²) in [5.74, 6) is 2.49. The Morgan fingerprint density at radius 2 is 2.39 bits per heavy atom. The van der Waals surface area contributed by atoms with Crippen LogP contribution >= 0.6 is 11.3 Å². The molecule has 0 saturated heterocycles. The number of aromatic nitrogens is 1. The minimum atomic E-state index is -0.384. The fourth-order valence-corrected chi connectivity index (χ4v) is 4.35. The number of nitrogens with one attached hydrogen (secondary N) is 1. The van der Waals surface area contributed by atoms with E-state index in [0.717, 1.165) is 23.2 Å². The van der Waals surface area contributed by atoms with Gasteiger partial charge in [0.15, 0.2) is 5.13 Å². The quantitative estimate of drug-likeness (QED) is 0.671. The highest BCUT2D eigenvalue weighted by molar-refractivity contribution is 7.18. The maximum Gasteiger partial charge on any atom is 0.345 e. The van der Waals surface area contributed by atoms with Crippen molar-refractivity contribution in [1.82, 2.24) is 4.98 Å². The Kier molecular flexibility index (Phi) is 2.97. The summed E-state index contributed by atoms with van der Waals surface area (Å²) in [6, 6.07) is 0.367. The van der Waals surface area contributed by atoms with Gasteiger partial charge in [-0.1, -0.05) is 6.42 Å². The third-order valence-electron chi connectivity index (χ3n) is 4.46. The first-order valence-corrected chi connectivity index (χ1v) is 7.32. The van der Waals surface area contributed by atoms with Gasteiger partial charge in [0, 0.05) is 6.04 Å². The predicted molar refractivity (Wildman–Crippen MR) is 70.8 cm³/mol. The van der Waals surface area contributed by atoms with Crippen molar-refractivity contribution in [3.8, 4) is 0 Å². The fourth-order valence-electron chi connectivity index (χ4n) is 3.62. The maximum absolute atomic E-state index is 10.6. The number of hydrogen-bond donors (Lipinski definition) is 1. The highest BCUT2D eigenvalue weighted by Crippen LogP contribution is 2.50. The average molecular weight is 267 g/mol. The first-order chi connectivity index (χ1) is 8.63. The van der Waals surface area contributed by atoms with E-state index in [0.29, 0.717) is 17.1 Å². The number of fused-ring (bicyclic) bond motifs is 2. The van der Waals surface area contributed by atoms with Crippen LogP contribution in [0.1, 0.15) is 32.6 Å². The first kappa shape index (κ1) is 11.9. The van der Waals surface area contributed by atoms with Gasteiger partial charge in [0.25, 0.3) is 0 Å². The van der Waals surface area contributed by atoms with E-state index < -0.39 is 0 Å². The van der Waals surface area contributed by atoms with Crippen molar-refractivity contribution in [1.29, 1.82) is 0 Å². The van der Waals surface area contributed by atoms with Crippen LogP contribution in [-0.4, -0.2) is 15.9 Å². The lowest BCUT2D eigenvalue weighted by Gasteiger charge is -2.28. The summed E-state index contributed by atoms with van der Waals surface area (Å²) in [5.41, 5.74) is 0. The second-order valence-corrected chi connectivity index (χ2v) is 6.54. The van der Waals surface area contributed by atoms with Gasteiger partial charge in [-0.3, -0.25) is 10.1 Å². The molecule has 2 saturated carbocycles. The number of anilines is 1. The van der Waals surface area contributed by atoms with Crippen LogP contribution in [0.4, 0.5) is 10.1 Å². The molecule has 3 rings (SSSR count). The zero-order chi connectivity index (χ0) is 12.7. The molecule has 1 N–H and O–H groups in total. The van der Waals surface area contributed by atoms with Crippen molar-refractivity contribution < 1.29 is 4.92 Å². The van der Waals surface area contributed by atoms with Crippen molar-refractivity contribution in [3.63, 3.8) is 0 Å². The van der Waals surface area contributed by atoms with Crippen LogP contribution in [0.3, 0.4) is 0 Å². The van der Waals surface area contributed by atoms with Crippen LogP contribution < -0.4 is 5.32 Å². The van der Waals surface area contributed by atoms with E-state index in [1.165, 1.54) is 31.9 Å². The number of nitrogens with zero attached hydrogens (tertiary/aromatic N) is 2. The minimum absolute atomic E-state index is 0.109. The predicted octanol–water partition coefficient (Wildman–Crippen LogP) is 3.29. The Bertz CT molecular complexity index is 462. The second-order valence-electron chi connectivity index (χ2n) is 5.53. The van der Waals surface area contributed by atoms with Crippen molar-refractivity contribution in [3.05, 3.63) is 16.3 Å². The molecule has 0 unspecified atom stereocenters. The lowest BCUT2D eigenvalue weighted by atomic mass is 9.84. The number of hydrogen-bond acceptors (Lipinski definition) is 5. The molecule has 5 nitrogen and oxygen atoms in total. The number of nitro groups is 1. The van der Waals surface area contributed by atoms with E-state index in [2.05, 4.69) is 17.2 Å². The van der Waals surface area contributed by atoms with E-state index in [1.54, 1.807) is 0 Å². The molecule has 18 heavy (non-hydrogen) atoms. The molecular weight excluding hydrogens is 250 g/mol. The highest BCUT2D eigenvalue weighted by Gasteiger charge is 2.41. The molecule has 1 heterocycles. The Hall–Kier alpha value is -1.17. The van der Waals surface area contributed by atoms with Gasteiger partial charge in [-0.15, -0.1) is 0 Å². The normalized spacial score (nSPS) is 31.5. The van der Waals surface area contributed by atoms with E-state index in [-0.39, 0.29) is 9.92 Å². The van der Waals surface area contributed by atoms with Gasteiger partial charge in [0.1, 0.15) is 6.20 Å². The zero-order valence-electron chi connectivity index (χ0n) is 10.3. The minimum Gasteiger partial charge on any atom is -0.359 e. The number of thiazole rings is 1. The summed E-state index contributed by atoms with van der Waals surface area (Å²) in [6.45, 7) is 2.18. The Balaban J connectivity index is 1.63. The van der Waals surface area contributed by atoms with Crippen LogP contribution in [-0.2, 0) is 0 Å². The lowest BCUT2D eigenvalue weighted by molar-refractivity contribution is -0.380. The SMILES string of the molecule is C[C@@H](Nc1ncc([N+](=O)[O-])s1)[C@H]1C[C@H]2CC[C@H]1C2. The molecular formula is C12H17N3O2S. The summed E-state index contributed by atoms with van der Waals surface area (Å²) >= 11 is 1.13. The summed E-state index contributed by atoms with van der Waals surface area (Å²) < 4.78 is 0. The molecule has 0 spiro atoms. The molecule has 0 amide bonds. The largest absolute Gasteiger partial charge is 0.359 e. The third kappa shape index (κ3) is 2.09. The maximum atomic E-state index is 10.6. The van der Waals surface area contributed by atoms with E-state index in [1.807, 2.05) is 0 Å². The van der Waals surface area contributed by atoms with E-state index in [4.69, 9.17) is 0 Å². The van der Waals surface area contributed by atoms with Crippen LogP contribution in [0.25, 0.3) is 0 Å². The van der Waals surface area contributed by atoms with Crippen LogP contribution in [0.2, 0.25) is 0 Å². The van der Waals surface area contributed by atoms with Gasteiger partial charge in [0.05, 0.1) is 4.92 Å². The standard InChI is InChI=1S/C12H17N3O2S/c1-7(10-5-8-2-3-9(10)4-8)14-12-13-6-11(18-12)15(16)17/h6-10H,2-5H2,1H3,(H,13,14)/t7-,8+,9+,10-/m1/s1. The van der Waals surface area contributed by atoms with Crippen molar-refractivity contribution in [2.24, 2.45) is 17.8 Å². The third-order valence-corrected chi connectivity index (χ3v) is 5.34. The van der Waals surface area contributed by atoms with Gasteiger partial charge in [-0.05, 0) is 55.3 Å². The van der Waals surface area contributed by atoms with E-state index >= 15 is 0 Å². The molecule has 2 fully saturated rings. The van der Waals surface area contributed by atoms with Gasteiger partial charge in [0.2, 0.25) is 0 Å². The van der Waals surface area contributed by atoms with Gasteiger partial charge >= 0.3 is 5.00 Å².